The van der Waals surface area contributed by atoms with Gasteiger partial charge in [-0.25, -0.2) is 0 Å². The highest BCUT2D eigenvalue weighted by atomic mass is 16.5. The molecule has 0 saturated carbocycles. The highest BCUT2D eigenvalue weighted by Gasteiger charge is 2.21. The molecule has 0 fully saturated rings. The highest BCUT2D eigenvalue weighted by molar-refractivity contribution is 5.45. The van der Waals surface area contributed by atoms with Gasteiger partial charge < -0.3 is 14.8 Å². The molecule has 0 amide bonds. The first-order chi connectivity index (χ1) is 9.80. The molecule has 110 valence electrons. The van der Waals surface area contributed by atoms with E-state index in [0.717, 1.165) is 24.5 Å². The third-order valence-electron chi connectivity index (χ3n) is 3.80. The highest BCUT2D eigenvalue weighted by Crippen LogP contribution is 2.36. The summed E-state index contributed by atoms with van der Waals surface area (Å²) in [5, 5.41) is 3.65. The van der Waals surface area contributed by atoms with Gasteiger partial charge in [0, 0.05) is 11.6 Å². The van der Waals surface area contributed by atoms with E-state index < -0.39 is 0 Å². The standard InChI is InChI=1S/C17H25NO2/c1-4-11-18-17(13-7-5-6-8-13)15-10-9-14(19-2)12-16(15)20-3/h7,9-10,12,17-18H,4-6,8,11H2,1-3H3. The topological polar surface area (TPSA) is 30.5 Å². The molecule has 0 spiro atoms. The molecule has 0 heterocycles. The largest absolute Gasteiger partial charge is 0.497 e. The summed E-state index contributed by atoms with van der Waals surface area (Å²) in [5.74, 6) is 1.73. The molecular weight excluding hydrogens is 250 g/mol. The quantitative estimate of drug-likeness (QED) is 0.767. The molecule has 0 bridgehead atoms. The predicted octanol–water partition coefficient (Wildman–Crippen LogP) is 3.85. The summed E-state index contributed by atoms with van der Waals surface area (Å²) in [7, 11) is 3.40. The number of hydrogen-bond acceptors (Lipinski definition) is 3. The molecule has 1 aliphatic rings. The molecule has 1 atom stereocenters. The zero-order valence-corrected chi connectivity index (χ0v) is 12.7. The first kappa shape index (κ1) is 14.9. The summed E-state index contributed by atoms with van der Waals surface area (Å²) in [4.78, 5) is 0. The van der Waals surface area contributed by atoms with Crippen molar-refractivity contribution in [2.45, 2.75) is 38.6 Å². The van der Waals surface area contributed by atoms with Crippen LogP contribution in [0.15, 0.2) is 29.8 Å². The Kier molecular flexibility index (Phi) is 5.48. The Labute approximate surface area is 122 Å². The van der Waals surface area contributed by atoms with Crippen molar-refractivity contribution in [2.24, 2.45) is 0 Å². The molecule has 1 aromatic carbocycles. The summed E-state index contributed by atoms with van der Waals surface area (Å²) in [6.45, 7) is 3.20. The number of methoxy groups -OCH3 is 2. The Balaban J connectivity index is 2.31. The lowest BCUT2D eigenvalue weighted by atomic mass is 9.96. The van der Waals surface area contributed by atoms with Crippen LogP contribution in [0.3, 0.4) is 0 Å². The first-order valence-corrected chi connectivity index (χ1v) is 7.44. The molecule has 1 aromatic rings. The van der Waals surface area contributed by atoms with Crippen LogP contribution in [0.5, 0.6) is 11.5 Å². The van der Waals surface area contributed by atoms with E-state index in [1.807, 2.05) is 12.1 Å². The molecule has 1 N–H and O–H groups in total. The van der Waals surface area contributed by atoms with Crippen LogP contribution in [0.2, 0.25) is 0 Å². The molecule has 2 rings (SSSR count). The molecule has 3 heteroatoms. The minimum absolute atomic E-state index is 0.262. The van der Waals surface area contributed by atoms with Crippen LogP contribution in [0.4, 0.5) is 0 Å². The Morgan fingerprint density at radius 2 is 2.10 bits per heavy atom. The van der Waals surface area contributed by atoms with Gasteiger partial charge in [0.25, 0.3) is 0 Å². The van der Waals surface area contributed by atoms with Crippen molar-refractivity contribution in [1.82, 2.24) is 5.32 Å². The SMILES string of the molecule is CCCNC(C1=CCCC1)c1ccc(OC)cc1OC. The van der Waals surface area contributed by atoms with Crippen LogP contribution >= 0.6 is 0 Å². The second-order valence-corrected chi connectivity index (χ2v) is 5.17. The molecule has 0 aromatic heterocycles. The van der Waals surface area contributed by atoms with Crippen LogP contribution in [-0.4, -0.2) is 20.8 Å². The van der Waals surface area contributed by atoms with Crippen molar-refractivity contribution < 1.29 is 9.47 Å². The summed E-state index contributed by atoms with van der Waals surface area (Å²) < 4.78 is 10.8. The summed E-state index contributed by atoms with van der Waals surface area (Å²) in [6, 6.07) is 6.35. The van der Waals surface area contributed by atoms with E-state index in [9.17, 15) is 0 Å². The monoisotopic (exact) mass is 275 g/mol. The van der Waals surface area contributed by atoms with Crippen LogP contribution < -0.4 is 14.8 Å². The lowest BCUT2D eigenvalue weighted by Gasteiger charge is -2.23. The van der Waals surface area contributed by atoms with Crippen LogP contribution in [0.25, 0.3) is 0 Å². The minimum Gasteiger partial charge on any atom is -0.497 e. The third-order valence-corrected chi connectivity index (χ3v) is 3.80. The van der Waals surface area contributed by atoms with Crippen LogP contribution in [0.1, 0.15) is 44.2 Å². The molecule has 1 aliphatic carbocycles. The van der Waals surface area contributed by atoms with Gasteiger partial charge in [0.15, 0.2) is 0 Å². The van der Waals surface area contributed by atoms with Crippen molar-refractivity contribution >= 4 is 0 Å². The smallest absolute Gasteiger partial charge is 0.127 e. The normalized spacial score (nSPS) is 15.8. The van der Waals surface area contributed by atoms with Crippen molar-refractivity contribution in [3.8, 4) is 11.5 Å². The first-order valence-electron chi connectivity index (χ1n) is 7.44. The zero-order valence-electron chi connectivity index (χ0n) is 12.7. The van der Waals surface area contributed by atoms with E-state index in [4.69, 9.17) is 9.47 Å². The molecule has 0 aliphatic heterocycles. The maximum absolute atomic E-state index is 5.56. The molecule has 0 radical (unpaired) electrons. The molecule has 0 saturated heterocycles. The van der Waals surface area contributed by atoms with Gasteiger partial charge in [-0.15, -0.1) is 0 Å². The molecule has 20 heavy (non-hydrogen) atoms. The summed E-state index contributed by atoms with van der Waals surface area (Å²) in [6.07, 6.45) is 7.13. The fourth-order valence-corrected chi connectivity index (χ4v) is 2.74. The number of hydrogen-bond donors (Lipinski definition) is 1. The van der Waals surface area contributed by atoms with Gasteiger partial charge in [-0.3, -0.25) is 0 Å². The van der Waals surface area contributed by atoms with Gasteiger partial charge in [0.05, 0.1) is 20.3 Å². The number of rotatable bonds is 7. The van der Waals surface area contributed by atoms with Gasteiger partial charge in [-0.2, -0.15) is 0 Å². The van der Waals surface area contributed by atoms with Crippen molar-refractivity contribution in [3.63, 3.8) is 0 Å². The van der Waals surface area contributed by atoms with Gasteiger partial charge in [-0.1, -0.05) is 18.6 Å². The molecule has 1 unspecified atom stereocenters. The fraction of sp³-hybridized carbons (Fsp3) is 0.529. The predicted molar refractivity (Wildman–Crippen MR) is 82.5 cm³/mol. The van der Waals surface area contributed by atoms with Gasteiger partial charge in [0.1, 0.15) is 11.5 Å². The summed E-state index contributed by atoms with van der Waals surface area (Å²) in [5.41, 5.74) is 2.69. The van der Waals surface area contributed by atoms with Crippen molar-refractivity contribution in [2.75, 3.05) is 20.8 Å². The lowest BCUT2D eigenvalue weighted by molar-refractivity contribution is 0.386. The number of nitrogens with one attached hydrogen (secondary N) is 1. The Hall–Kier alpha value is -1.48. The average Bonchev–Trinajstić information content (AvgIpc) is 3.02. The molecular formula is C17H25NO2. The number of ether oxygens (including phenoxy) is 2. The third kappa shape index (κ3) is 3.34. The lowest BCUT2D eigenvalue weighted by Crippen LogP contribution is -2.24. The van der Waals surface area contributed by atoms with E-state index in [1.54, 1.807) is 14.2 Å². The van der Waals surface area contributed by atoms with Crippen LogP contribution in [0, 0.1) is 0 Å². The minimum atomic E-state index is 0.262. The van der Waals surface area contributed by atoms with Crippen molar-refractivity contribution in [3.05, 3.63) is 35.4 Å². The Morgan fingerprint density at radius 1 is 1.25 bits per heavy atom. The van der Waals surface area contributed by atoms with Gasteiger partial charge >= 0.3 is 0 Å². The summed E-state index contributed by atoms with van der Waals surface area (Å²) >= 11 is 0. The van der Waals surface area contributed by atoms with Gasteiger partial charge in [-0.05, 0) is 44.4 Å². The maximum atomic E-state index is 5.56. The molecule has 3 nitrogen and oxygen atoms in total. The second kappa shape index (κ2) is 7.34. The second-order valence-electron chi connectivity index (χ2n) is 5.17. The Morgan fingerprint density at radius 3 is 2.70 bits per heavy atom. The van der Waals surface area contributed by atoms with Gasteiger partial charge in [0.2, 0.25) is 0 Å². The zero-order chi connectivity index (χ0) is 14.4. The number of allylic oxidation sites excluding steroid dienone is 1. The van der Waals surface area contributed by atoms with E-state index in [-0.39, 0.29) is 6.04 Å². The van der Waals surface area contributed by atoms with E-state index in [2.05, 4.69) is 24.4 Å². The average molecular weight is 275 g/mol. The van der Waals surface area contributed by atoms with E-state index in [1.165, 1.54) is 30.4 Å². The van der Waals surface area contributed by atoms with Crippen molar-refractivity contribution in [1.29, 1.82) is 0 Å². The Bertz CT molecular complexity index is 468. The maximum Gasteiger partial charge on any atom is 0.127 e. The number of benzene rings is 1. The van der Waals surface area contributed by atoms with E-state index in [0.29, 0.717) is 0 Å². The van der Waals surface area contributed by atoms with E-state index >= 15 is 0 Å². The fourth-order valence-electron chi connectivity index (χ4n) is 2.74. The van der Waals surface area contributed by atoms with Crippen LogP contribution in [-0.2, 0) is 0 Å².